The fourth-order valence-electron chi connectivity index (χ4n) is 4.17. The Bertz CT molecular complexity index is 617. The van der Waals surface area contributed by atoms with Gasteiger partial charge in [0.2, 0.25) is 0 Å². The minimum atomic E-state index is -1.06. The number of nitrogens with two attached hydrogens (primary N) is 1. The zero-order chi connectivity index (χ0) is 18.1. The summed E-state index contributed by atoms with van der Waals surface area (Å²) >= 11 is 0. The molecular formula is C17H25N3O5. The van der Waals surface area contributed by atoms with Crippen molar-refractivity contribution >= 4 is 17.7 Å². The van der Waals surface area contributed by atoms with E-state index in [1.807, 2.05) is 11.1 Å². The van der Waals surface area contributed by atoms with E-state index in [1.54, 1.807) is 0 Å². The molecule has 0 bridgehead atoms. The Balaban J connectivity index is 1.90. The monoisotopic (exact) mass is 351 g/mol. The topological polar surface area (TPSA) is 136 Å². The molecule has 3 aliphatic heterocycles. The fraction of sp³-hybridized carbons (Fsp3) is 0.706. The Morgan fingerprint density at radius 1 is 1.28 bits per heavy atom. The van der Waals surface area contributed by atoms with Gasteiger partial charge in [-0.1, -0.05) is 0 Å². The van der Waals surface area contributed by atoms with Gasteiger partial charge in [-0.3, -0.25) is 9.79 Å². The van der Waals surface area contributed by atoms with E-state index in [0.717, 1.165) is 24.1 Å². The molecule has 0 aromatic heterocycles. The van der Waals surface area contributed by atoms with Crippen LogP contribution in [0, 0.1) is 5.92 Å². The van der Waals surface area contributed by atoms with Crippen LogP contribution in [0.3, 0.4) is 0 Å². The van der Waals surface area contributed by atoms with Crippen molar-refractivity contribution in [2.75, 3.05) is 0 Å². The van der Waals surface area contributed by atoms with Crippen LogP contribution in [0.4, 0.5) is 0 Å². The third-order valence-electron chi connectivity index (χ3n) is 5.51. The van der Waals surface area contributed by atoms with E-state index >= 15 is 0 Å². The molecule has 8 nitrogen and oxygen atoms in total. The smallest absolute Gasteiger partial charge is 0.328 e. The number of fused-ring (bicyclic) bond motifs is 3. The van der Waals surface area contributed by atoms with Crippen LogP contribution in [0.1, 0.15) is 44.9 Å². The highest BCUT2D eigenvalue weighted by atomic mass is 16.4. The molecular weight excluding hydrogens is 326 g/mol. The summed E-state index contributed by atoms with van der Waals surface area (Å²) in [7, 11) is 0. The van der Waals surface area contributed by atoms with Crippen LogP contribution in [0.25, 0.3) is 0 Å². The van der Waals surface area contributed by atoms with Gasteiger partial charge in [-0.05, 0) is 50.5 Å². The summed E-state index contributed by atoms with van der Waals surface area (Å²) in [6.07, 6.45) is 5.73. The molecule has 138 valence electrons. The van der Waals surface area contributed by atoms with Crippen LogP contribution in [0.5, 0.6) is 0 Å². The highest BCUT2D eigenvalue weighted by Crippen LogP contribution is 2.39. The average Bonchev–Trinajstić information content (AvgIpc) is 2.59. The molecule has 25 heavy (non-hydrogen) atoms. The number of aliphatic hydroxyl groups is 1. The molecule has 0 radical (unpaired) electrons. The summed E-state index contributed by atoms with van der Waals surface area (Å²) in [4.78, 5) is 28.8. The molecule has 0 spiro atoms. The number of piperidine rings is 1. The number of rotatable bonds is 5. The Morgan fingerprint density at radius 3 is 2.72 bits per heavy atom. The largest absolute Gasteiger partial charge is 0.480 e. The lowest BCUT2D eigenvalue weighted by molar-refractivity contribution is -0.139. The van der Waals surface area contributed by atoms with Gasteiger partial charge in [0.05, 0.1) is 0 Å². The van der Waals surface area contributed by atoms with Gasteiger partial charge in [0.15, 0.2) is 0 Å². The number of aliphatic carboxylic acids is 2. The zero-order valence-electron chi connectivity index (χ0n) is 14.0. The van der Waals surface area contributed by atoms with Gasteiger partial charge in [0, 0.05) is 23.9 Å². The van der Waals surface area contributed by atoms with E-state index in [0.29, 0.717) is 25.7 Å². The van der Waals surface area contributed by atoms with Crippen LogP contribution in [-0.4, -0.2) is 62.2 Å². The normalized spacial score (nSPS) is 32.8. The predicted molar refractivity (Wildman–Crippen MR) is 90.0 cm³/mol. The van der Waals surface area contributed by atoms with Gasteiger partial charge in [0.25, 0.3) is 0 Å². The highest BCUT2D eigenvalue weighted by molar-refractivity contribution is 6.04. The zero-order valence-corrected chi connectivity index (χ0v) is 14.0. The first kappa shape index (κ1) is 17.9. The SMILES string of the molecule is NC(CCC1=CN2C(O)CCCC2C2CCC(C(=O)O)N=C12)C(=O)O. The number of aliphatic hydroxyl groups excluding tert-OH is 1. The molecule has 3 heterocycles. The van der Waals surface area contributed by atoms with Gasteiger partial charge in [-0.15, -0.1) is 0 Å². The van der Waals surface area contributed by atoms with Gasteiger partial charge in [-0.2, -0.15) is 0 Å². The molecule has 0 saturated carbocycles. The minimum Gasteiger partial charge on any atom is -0.480 e. The summed E-state index contributed by atoms with van der Waals surface area (Å²) in [5.74, 6) is -1.90. The molecule has 0 aliphatic carbocycles. The molecule has 0 amide bonds. The summed E-state index contributed by atoms with van der Waals surface area (Å²) in [5.41, 5.74) is 7.19. The molecule has 5 unspecified atom stereocenters. The lowest BCUT2D eigenvalue weighted by Crippen LogP contribution is -2.53. The Morgan fingerprint density at radius 2 is 2.04 bits per heavy atom. The van der Waals surface area contributed by atoms with Crippen molar-refractivity contribution in [2.24, 2.45) is 16.6 Å². The molecule has 3 rings (SSSR count). The molecule has 0 aromatic rings. The van der Waals surface area contributed by atoms with Crippen molar-refractivity contribution in [3.8, 4) is 0 Å². The maximum atomic E-state index is 11.4. The van der Waals surface area contributed by atoms with E-state index in [2.05, 4.69) is 4.99 Å². The number of nitrogens with zero attached hydrogens (tertiary/aromatic N) is 2. The summed E-state index contributed by atoms with van der Waals surface area (Å²) in [6, 6.07) is -1.58. The number of carboxylic acid groups (broad SMARTS) is 2. The number of allylic oxidation sites excluding steroid dienone is 1. The Labute approximate surface area is 146 Å². The van der Waals surface area contributed by atoms with Crippen molar-refractivity contribution in [3.05, 3.63) is 11.8 Å². The van der Waals surface area contributed by atoms with Gasteiger partial charge in [-0.25, -0.2) is 4.79 Å². The van der Waals surface area contributed by atoms with E-state index in [1.165, 1.54) is 0 Å². The molecule has 1 saturated heterocycles. The van der Waals surface area contributed by atoms with E-state index < -0.39 is 30.3 Å². The fourth-order valence-corrected chi connectivity index (χ4v) is 4.17. The van der Waals surface area contributed by atoms with Crippen LogP contribution < -0.4 is 5.73 Å². The molecule has 5 atom stereocenters. The second kappa shape index (κ2) is 7.13. The molecule has 1 fully saturated rings. The van der Waals surface area contributed by atoms with Crippen LogP contribution >= 0.6 is 0 Å². The second-order valence-electron chi connectivity index (χ2n) is 7.12. The number of aliphatic imine (C=N–C) groups is 1. The molecule has 0 aromatic carbocycles. The number of hydrogen-bond acceptors (Lipinski definition) is 6. The van der Waals surface area contributed by atoms with Crippen LogP contribution in [0.15, 0.2) is 16.8 Å². The molecule has 3 aliphatic rings. The van der Waals surface area contributed by atoms with Gasteiger partial charge in [0.1, 0.15) is 18.3 Å². The quantitative estimate of drug-likeness (QED) is 0.568. The van der Waals surface area contributed by atoms with Crippen LogP contribution in [-0.2, 0) is 9.59 Å². The van der Waals surface area contributed by atoms with Gasteiger partial charge >= 0.3 is 11.9 Å². The van der Waals surface area contributed by atoms with E-state index in [9.17, 15) is 19.8 Å². The lowest BCUT2D eigenvalue weighted by atomic mass is 9.75. The Hall–Kier alpha value is -1.93. The number of carbonyl (C=O) groups is 2. The third-order valence-corrected chi connectivity index (χ3v) is 5.51. The lowest BCUT2D eigenvalue weighted by Gasteiger charge is -2.48. The van der Waals surface area contributed by atoms with Crippen LogP contribution in [0.2, 0.25) is 0 Å². The third kappa shape index (κ3) is 3.55. The summed E-state index contributed by atoms with van der Waals surface area (Å²) in [5, 5.41) is 28.6. The van der Waals surface area contributed by atoms with Crippen molar-refractivity contribution in [1.82, 2.24) is 4.90 Å². The van der Waals surface area contributed by atoms with Crippen molar-refractivity contribution in [1.29, 1.82) is 0 Å². The second-order valence-corrected chi connectivity index (χ2v) is 7.12. The average molecular weight is 351 g/mol. The summed E-state index contributed by atoms with van der Waals surface area (Å²) in [6.45, 7) is 0. The standard InChI is InChI=1S/C17H25N3O5/c18-11(16(22)23)6-4-9-8-20-13(2-1-3-14(20)21)10-5-7-12(17(24)25)19-15(9)10/h8,10-14,21H,1-7,18H2,(H,22,23)(H,24,25). The minimum absolute atomic E-state index is 0.0894. The first-order valence-electron chi connectivity index (χ1n) is 8.84. The summed E-state index contributed by atoms with van der Waals surface area (Å²) < 4.78 is 0. The van der Waals surface area contributed by atoms with E-state index in [-0.39, 0.29) is 18.4 Å². The van der Waals surface area contributed by atoms with E-state index in [4.69, 9.17) is 10.8 Å². The first-order chi connectivity index (χ1) is 11.9. The van der Waals surface area contributed by atoms with Crippen molar-refractivity contribution in [3.63, 3.8) is 0 Å². The Kier molecular flexibility index (Phi) is 5.10. The van der Waals surface area contributed by atoms with Crippen molar-refractivity contribution in [2.45, 2.75) is 69.3 Å². The number of carboxylic acids is 2. The molecule has 5 N–H and O–H groups in total. The molecule has 8 heteroatoms. The number of hydrogen-bond donors (Lipinski definition) is 4. The first-order valence-corrected chi connectivity index (χ1v) is 8.84. The van der Waals surface area contributed by atoms with Gasteiger partial charge < -0.3 is 26.0 Å². The predicted octanol–water partition coefficient (Wildman–Crippen LogP) is 0.553. The highest BCUT2D eigenvalue weighted by Gasteiger charge is 2.42. The van der Waals surface area contributed by atoms with Crippen molar-refractivity contribution < 1.29 is 24.9 Å². The maximum Gasteiger partial charge on any atom is 0.328 e. The maximum absolute atomic E-state index is 11.4.